The van der Waals surface area contributed by atoms with E-state index in [0.29, 0.717) is 25.2 Å². The number of ether oxygens (including phenoxy) is 1. The van der Waals surface area contributed by atoms with Gasteiger partial charge in [0, 0.05) is 36.8 Å². The number of nitrogens with one attached hydrogen (secondary N) is 2. The van der Waals surface area contributed by atoms with Gasteiger partial charge in [-0.3, -0.25) is 9.59 Å². The van der Waals surface area contributed by atoms with E-state index < -0.39 is 17.7 Å². The smallest absolute Gasteiger partial charge is 0.408 e. The number of rotatable bonds is 5. The van der Waals surface area contributed by atoms with Crippen LogP contribution in [0.5, 0.6) is 0 Å². The third kappa shape index (κ3) is 6.35. The van der Waals surface area contributed by atoms with Crippen molar-refractivity contribution in [2.45, 2.75) is 58.7 Å². The molecule has 0 saturated heterocycles. The normalized spacial score (nSPS) is 15.7. The van der Waals surface area contributed by atoms with E-state index in [1.165, 1.54) is 6.08 Å². The fourth-order valence-corrected chi connectivity index (χ4v) is 4.17. The van der Waals surface area contributed by atoms with Crippen LogP contribution in [0.3, 0.4) is 0 Å². The van der Waals surface area contributed by atoms with E-state index in [1.807, 2.05) is 37.3 Å². The van der Waals surface area contributed by atoms with Crippen molar-refractivity contribution in [3.63, 3.8) is 0 Å². The van der Waals surface area contributed by atoms with E-state index in [2.05, 4.69) is 15.6 Å². The highest BCUT2D eigenvalue weighted by atomic mass is 16.6. The summed E-state index contributed by atoms with van der Waals surface area (Å²) in [5.41, 5.74) is 2.69. The molecule has 0 saturated carbocycles. The van der Waals surface area contributed by atoms with Gasteiger partial charge in [-0.2, -0.15) is 0 Å². The first-order valence-electron chi connectivity index (χ1n) is 12.2. The first-order valence-corrected chi connectivity index (χ1v) is 12.2. The van der Waals surface area contributed by atoms with Gasteiger partial charge in [-0.25, -0.2) is 9.78 Å². The molecular formula is C28H32N4O5. The Morgan fingerprint density at radius 3 is 2.81 bits per heavy atom. The molecule has 0 aliphatic carbocycles. The summed E-state index contributed by atoms with van der Waals surface area (Å²) in [6.07, 6.45) is 5.07. The van der Waals surface area contributed by atoms with Gasteiger partial charge in [0.25, 0.3) is 0 Å². The van der Waals surface area contributed by atoms with Gasteiger partial charge >= 0.3 is 6.09 Å². The topological polar surface area (TPSA) is 114 Å². The van der Waals surface area contributed by atoms with Crippen molar-refractivity contribution in [1.82, 2.24) is 15.2 Å². The third-order valence-corrected chi connectivity index (χ3v) is 6.03. The number of furan rings is 1. The van der Waals surface area contributed by atoms with Crippen LogP contribution in [-0.2, 0) is 27.3 Å². The molecule has 0 fully saturated rings. The quantitative estimate of drug-likeness (QED) is 0.492. The molecule has 2 aromatic heterocycles. The van der Waals surface area contributed by atoms with E-state index in [-0.39, 0.29) is 11.8 Å². The van der Waals surface area contributed by atoms with Crippen LogP contribution in [0.15, 0.2) is 47.0 Å². The number of anilines is 1. The van der Waals surface area contributed by atoms with E-state index in [0.717, 1.165) is 33.4 Å². The zero-order valence-corrected chi connectivity index (χ0v) is 21.8. The molecule has 1 aromatic carbocycles. The summed E-state index contributed by atoms with van der Waals surface area (Å²) in [7, 11) is 1.75. The Hall–Kier alpha value is -4.14. The van der Waals surface area contributed by atoms with Crippen LogP contribution in [0.25, 0.3) is 17.0 Å². The summed E-state index contributed by atoms with van der Waals surface area (Å²) in [5.74, 6) is 0.733. The highest BCUT2D eigenvalue weighted by molar-refractivity contribution is 5.97. The predicted octanol–water partition coefficient (Wildman–Crippen LogP) is 4.59. The molecule has 1 aliphatic rings. The average molecular weight is 505 g/mol. The number of fused-ring (bicyclic) bond motifs is 2. The SMILES string of the molecule is Cc1oc2ccccc2c1CN(C)C(=O)/C=C/c1cnc2c(c1)CCC(NC(=O)OC(C)(C)C)C(=O)N2. The van der Waals surface area contributed by atoms with Gasteiger partial charge in [0.05, 0.1) is 0 Å². The van der Waals surface area contributed by atoms with E-state index in [1.54, 1.807) is 45.0 Å². The van der Waals surface area contributed by atoms with Gasteiger partial charge in [0.2, 0.25) is 11.8 Å². The Balaban J connectivity index is 1.40. The number of benzene rings is 1. The van der Waals surface area contributed by atoms with Crippen molar-refractivity contribution in [1.29, 1.82) is 0 Å². The minimum Gasteiger partial charge on any atom is -0.461 e. The average Bonchev–Trinajstić information content (AvgIpc) is 3.05. The molecule has 1 atom stereocenters. The number of pyridine rings is 1. The van der Waals surface area contributed by atoms with Crippen molar-refractivity contribution >= 4 is 40.8 Å². The Morgan fingerprint density at radius 2 is 2.05 bits per heavy atom. The van der Waals surface area contributed by atoms with Gasteiger partial charge < -0.3 is 24.7 Å². The standard InChI is InChI=1S/C28H32N4O5/c1-17-21(20-8-6-7-9-23(20)36-17)16-32(5)24(33)13-10-18-14-19-11-12-22(26(34)31-25(19)29-15-18)30-27(35)37-28(2,3)4/h6-10,13-15,22H,11-12,16H2,1-5H3,(H,30,35)(H,29,31,34)/b13-10+. The maximum Gasteiger partial charge on any atom is 0.408 e. The van der Waals surface area contributed by atoms with Crippen molar-refractivity contribution in [2.75, 3.05) is 12.4 Å². The molecule has 3 amide bonds. The number of nitrogens with zero attached hydrogens (tertiary/aromatic N) is 2. The zero-order valence-electron chi connectivity index (χ0n) is 21.8. The first-order chi connectivity index (χ1) is 17.5. The minimum atomic E-state index is -0.735. The molecule has 2 N–H and O–H groups in total. The maximum atomic E-state index is 12.8. The van der Waals surface area contributed by atoms with Gasteiger partial charge in [-0.1, -0.05) is 18.2 Å². The zero-order chi connectivity index (χ0) is 26.7. The second-order valence-corrected chi connectivity index (χ2v) is 10.2. The van der Waals surface area contributed by atoms with Crippen LogP contribution in [0, 0.1) is 6.92 Å². The van der Waals surface area contributed by atoms with Crippen molar-refractivity contribution < 1.29 is 23.5 Å². The van der Waals surface area contributed by atoms with Gasteiger partial charge in [0.1, 0.15) is 28.8 Å². The lowest BCUT2D eigenvalue weighted by Crippen LogP contribution is -2.45. The second-order valence-electron chi connectivity index (χ2n) is 10.2. The number of hydrogen-bond donors (Lipinski definition) is 2. The molecule has 194 valence electrons. The van der Waals surface area contributed by atoms with Crippen LogP contribution in [0.1, 0.15) is 49.6 Å². The second kappa shape index (κ2) is 10.5. The molecule has 0 spiro atoms. The number of amides is 3. The molecule has 37 heavy (non-hydrogen) atoms. The lowest BCUT2D eigenvalue weighted by atomic mass is 10.1. The third-order valence-electron chi connectivity index (χ3n) is 6.03. The number of para-hydroxylation sites is 1. The largest absolute Gasteiger partial charge is 0.461 e. The summed E-state index contributed by atoms with van der Waals surface area (Å²) >= 11 is 0. The predicted molar refractivity (Wildman–Crippen MR) is 141 cm³/mol. The van der Waals surface area contributed by atoms with Crippen LogP contribution >= 0.6 is 0 Å². The minimum absolute atomic E-state index is 0.158. The summed E-state index contributed by atoms with van der Waals surface area (Å²) in [6, 6.07) is 8.92. The van der Waals surface area contributed by atoms with Gasteiger partial charge in [0.15, 0.2) is 0 Å². The molecule has 0 bridgehead atoms. The number of likely N-dealkylation sites (N-methyl/N-ethyl adjacent to an activating group) is 1. The summed E-state index contributed by atoms with van der Waals surface area (Å²) < 4.78 is 11.1. The lowest BCUT2D eigenvalue weighted by molar-refractivity contribution is -0.125. The van der Waals surface area contributed by atoms with E-state index >= 15 is 0 Å². The van der Waals surface area contributed by atoms with Crippen LogP contribution in [0.4, 0.5) is 10.6 Å². The molecule has 0 radical (unpaired) electrons. The van der Waals surface area contributed by atoms with Crippen LogP contribution < -0.4 is 10.6 Å². The van der Waals surface area contributed by atoms with Crippen LogP contribution in [0.2, 0.25) is 0 Å². The number of aryl methyl sites for hydroxylation is 2. The number of aromatic nitrogens is 1. The number of carbonyl (C=O) groups is 3. The fourth-order valence-electron chi connectivity index (χ4n) is 4.17. The maximum absolute atomic E-state index is 12.8. The molecule has 3 heterocycles. The van der Waals surface area contributed by atoms with Crippen LogP contribution in [-0.4, -0.2) is 46.5 Å². The van der Waals surface area contributed by atoms with Crippen molar-refractivity contribution in [2.24, 2.45) is 0 Å². The highest BCUT2D eigenvalue weighted by Gasteiger charge is 2.28. The monoisotopic (exact) mass is 504 g/mol. The molecule has 3 aromatic rings. The summed E-state index contributed by atoms with van der Waals surface area (Å²) in [5, 5.41) is 6.40. The van der Waals surface area contributed by atoms with Crippen molar-refractivity contribution in [3.8, 4) is 0 Å². The lowest BCUT2D eigenvalue weighted by Gasteiger charge is -2.22. The summed E-state index contributed by atoms with van der Waals surface area (Å²) in [6.45, 7) is 7.61. The number of alkyl carbamates (subject to hydrolysis) is 1. The molecule has 9 heteroatoms. The molecular weight excluding hydrogens is 472 g/mol. The molecule has 1 unspecified atom stereocenters. The Morgan fingerprint density at radius 1 is 1.30 bits per heavy atom. The highest BCUT2D eigenvalue weighted by Crippen LogP contribution is 2.26. The Kier molecular flexibility index (Phi) is 7.33. The summed E-state index contributed by atoms with van der Waals surface area (Å²) in [4.78, 5) is 43.5. The van der Waals surface area contributed by atoms with E-state index in [9.17, 15) is 14.4 Å². The van der Waals surface area contributed by atoms with Crippen molar-refractivity contribution in [3.05, 3.63) is 65.1 Å². The Labute approximate surface area is 215 Å². The molecule has 4 rings (SSSR count). The number of carbonyl (C=O) groups excluding carboxylic acids is 3. The van der Waals surface area contributed by atoms with Gasteiger partial charge in [-0.05, 0) is 69.9 Å². The Bertz CT molecular complexity index is 1370. The van der Waals surface area contributed by atoms with E-state index in [4.69, 9.17) is 9.15 Å². The fraction of sp³-hybridized carbons (Fsp3) is 0.357. The molecule has 1 aliphatic heterocycles. The number of hydrogen-bond acceptors (Lipinski definition) is 6. The molecule has 9 nitrogen and oxygen atoms in total. The van der Waals surface area contributed by atoms with Gasteiger partial charge in [-0.15, -0.1) is 0 Å². The first kappa shape index (κ1) is 25.9.